The fourth-order valence-electron chi connectivity index (χ4n) is 2.55. The van der Waals surface area contributed by atoms with Gasteiger partial charge in [-0.1, -0.05) is 12.8 Å². The van der Waals surface area contributed by atoms with Gasteiger partial charge in [-0.2, -0.15) is 15.0 Å². The molecule has 1 saturated heterocycles. The number of amides is 1. The number of hydrogen-bond donors (Lipinski definition) is 2. The topological polar surface area (TPSA) is 92.3 Å². The van der Waals surface area contributed by atoms with E-state index in [9.17, 15) is 4.79 Å². The summed E-state index contributed by atoms with van der Waals surface area (Å²) >= 11 is 0. The molecule has 2 rings (SSSR count). The lowest BCUT2D eigenvalue weighted by Gasteiger charge is -2.22. The molecule has 0 saturated carbocycles. The van der Waals surface area contributed by atoms with Gasteiger partial charge in [-0.3, -0.25) is 4.79 Å². The Balaban J connectivity index is 2.06. The Morgan fingerprint density at radius 3 is 2.38 bits per heavy atom. The maximum absolute atomic E-state index is 11.9. The predicted molar refractivity (Wildman–Crippen MR) is 93.4 cm³/mol. The molecule has 0 atom stereocenters. The smallest absolute Gasteiger partial charge is 0.322 e. The average molecular weight is 336 g/mol. The maximum Gasteiger partial charge on any atom is 0.322 e. The molecule has 134 valence electrons. The molecular formula is C16H28N6O2. The Morgan fingerprint density at radius 1 is 1.12 bits per heavy atom. The average Bonchev–Trinajstić information content (AvgIpc) is 2.80. The van der Waals surface area contributed by atoms with Crippen LogP contribution in [0.1, 0.15) is 46.5 Å². The van der Waals surface area contributed by atoms with Crippen LogP contribution in [0, 0.1) is 0 Å². The van der Waals surface area contributed by atoms with Crippen molar-refractivity contribution in [3.63, 3.8) is 0 Å². The molecule has 1 aliphatic heterocycles. The van der Waals surface area contributed by atoms with Crippen LogP contribution in [-0.4, -0.2) is 53.1 Å². The summed E-state index contributed by atoms with van der Waals surface area (Å²) in [6, 6.07) is 0.253. The van der Waals surface area contributed by atoms with E-state index in [1.807, 2.05) is 20.8 Å². The highest BCUT2D eigenvalue weighted by atomic mass is 16.5. The largest absolute Gasteiger partial charge is 0.467 e. The highest BCUT2D eigenvalue weighted by Gasteiger charge is 2.17. The van der Waals surface area contributed by atoms with Crippen molar-refractivity contribution in [1.29, 1.82) is 0 Å². The lowest BCUT2D eigenvalue weighted by Crippen LogP contribution is -2.43. The predicted octanol–water partition coefficient (Wildman–Crippen LogP) is 1.59. The summed E-state index contributed by atoms with van der Waals surface area (Å²) in [4.78, 5) is 27.1. The molecule has 2 N–H and O–H groups in total. The number of nitrogens with zero attached hydrogens (tertiary/aromatic N) is 4. The van der Waals surface area contributed by atoms with Gasteiger partial charge in [0.05, 0.1) is 13.7 Å². The fourth-order valence-corrected chi connectivity index (χ4v) is 2.55. The first-order chi connectivity index (χ1) is 11.4. The molecule has 0 aromatic carbocycles. The van der Waals surface area contributed by atoms with E-state index in [2.05, 4.69) is 30.5 Å². The fraction of sp³-hybridized carbons (Fsp3) is 0.750. The van der Waals surface area contributed by atoms with Gasteiger partial charge in [-0.25, -0.2) is 0 Å². The molecule has 1 amide bonds. The van der Waals surface area contributed by atoms with Gasteiger partial charge in [-0.05, 0) is 33.6 Å². The molecule has 0 unspecified atom stereocenters. The van der Waals surface area contributed by atoms with Gasteiger partial charge in [0.2, 0.25) is 17.8 Å². The molecule has 1 aromatic rings. The summed E-state index contributed by atoms with van der Waals surface area (Å²) in [5.41, 5.74) is -0.271. The van der Waals surface area contributed by atoms with E-state index in [0.29, 0.717) is 11.9 Å². The van der Waals surface area contributed by atoms with Crippen molar-refractivity contribution in [2.75, 3.05) is 37.0 Å². The minimum absolute atomic E-state index is 0.101. The van der Waals surface area contributed by atoms with Crippen LogP contribution in [0.15, 0.2) is 0 Å². The van der Waals surface area contributed by atoms with E-state index in [-0.39, 0.29) is 24.0 Å². The van der Waals surface area contributed by atoms with Crippen LogP contribution < -0.4 is 20.3 Å². The summed E-state index contributed by atoms with van der Waals surface area (Å²) < 4.78 is 5.18. The molecule has 0 aliphatic carbocycles. The molecule has 2 heterocycles. The first-order valence-corrected chi connectivity index (χ1v) is 8.47. The van der Waals surface area contributed by atoms with Gasteiger partial charge in [0, 0.05) is 18.6 Å². The normalized spacial score (nSPS) is 15.6. The third-order valence-electron chi connectivity index (χ3n) is 3.60. The molecular weight excluding hydrogens is 308 g/mol. The monoisotopic (exact) mass is 336 g/mol. The number of aromatic nitrogens is 3. The van der Waals surface area contributed by atoms with E-state index in [1.165, 1.54) is 20.0 Å². The van der Waals surface area contributed by atoms with Gasteiger partial charge in [0.25, 0.3) is 0 Å². The number of carbonyl (C=O) groups excluding carboxylic acids is 1. The highest BCUT2D eigenvalue weighted by molar-refractivity contribution is 5.80. The quantitative estimate of drug-likeness (QED) is 0.843. The molecule has 0 spiro atoms. The summed E-state index contributed by atoms with van der Waals surface area (Å²) in [5.74, 6) is 0.839. The Bertz CT molecular complexity index is 550. The van der Waals surface area contributed by atoms with Gasteiger partial charge in [0.1, 0.15) is 0 Å². The van der Waals surface area contributed by atoms with E-state index >= 15 is 0 Å². The SMILES string of the molecule is COc1nc(NCC(=O)NC(C)(C)C)nc(N2CCCCCC2)n1. The van der Waals surface area contributed by atoms with Crippen LogP contribution in [0.2, 0.25) is 0 Å². The number of hydrogen-bond acceptors (Lipinski definition) is 7. The van der Waals surface area contributed by atoms with Crippen molar-refractivity contribution >= 4 is 17.8 Å². The van der Waals surface area contributed by atoms with Crippen molar-refractivity contribution in [3.8, 4) is 6.01 Å². The van der Waals surface area contributed by atoms with Crippen LogP contribution in [0.3, 0.4) is 0 Å². The molecule has 0 radical (unpaired) electrons. The van der Waals surface area contributed by atoms with Gasteiger partial charge in [0.15, 0.2) is 0 Å². The number of nitrogens with one attached hydrogen (secondary N) is 2. The maximum atomic E-state index is 11.9. The first-order valence-electron chi connectivity index (χ1n) is 8.47. The number of anilines is 2. The third-order valence-corrected chi connectivity index (χ3v) is 3.60. The van der Waals surface area contributed by atoms with Crippen molar-refractivity contribution in [1.82, 2.24) is 20.3 Å². The number of rotatable bonds is 5. The zero-order valence-electron chi connectivity index (χ0n) is 15.1. The van der Waals surface area contributed by atoms with Crippen molar-refractivity contribution in [2.24, 2.45) is 0 Å². The van der Waals surface area contributed by atoms with Crippen LogP contribution >= 0.6 is 0 Å². The van der Waals surface area contributed by atoms with Crippen LogP contribution in [0.5, 0.6) is 6.01 Å². The first kappa shape index (κ1) is 18.2. The van der Waals surface area contributed by atoms with Gasteiger partial charge in [-0.15, -0.1) is 0 Å². The molecule has 8 heteroatoms. The van der Waals surface area contributed by atoms with Crippen LogP contribution in [0.4, 0.5) is 11.9 Å². The second-order valence-corrected chi connectivity index (χ2v) is 7.00. The Labute approximate surface area is 143 Å². The Hall–Kier alpha value is -2.12. The second-order valence-electron chi connectivity index (χ2n) is 7.00. The lowest BCUT2D eigenvalue weighted by molar-refractivity contribution is -0.120. The minimum atomic E-state index is -0.271. The van der Waals surface area contributed by atoms with Gasteiger partial charge < -0.3 is 20.3 Å². The zero-order valence-corrected chi connectivity index (χ0v) is 15.1. The molecule has 1 fully saturated rings. The number of ether oxygens (including phenoxy) is 1. The van der Waals surface area contributed by atoms with Gasteiger partial charge >= 0.3 is 6.01 Å². The summed E-state index contributed by atoms with van der Waals surface area (Å²) in [7, 11) is 1.53. The minimum Gasteiger partial charge on any atom is -0.467 e. The summed E-state index contributed by atoms with van der Waals surface area (Å²) in [5, 5.41) is 5.85. The van der Waals surface area contributed by atoms with E-state index < -0.39 is 0 Å². The number of carbonyl (C=O) groups is 1. The molecule has 8 nitrogen and oxygen atoms in total. The summed E-state index contributed by atoms with van der Waals surface area (Å²) in [6.45, 7) is 7.77. The lowest BCUT2D eigenvalue weighted by atomic mass is 10.1. The van der Waals surface area contributed by atoms with Crippen molar-refractivity contribution in [3.05, 3.63) is 0 Å². The van der Waals surface area contributed by atoms with Crippen molar-refractivity contribution < 1.29 is 9.53 Å². The molecule has 1 aromatic heterocycles. The standard InChI is InChI=1S/C16H28N6O2/c1-16(2,3)21-12(23)11-17-13-18-14(20-15(19-13)24-4)22-9-7-5-6-8-10-22/h5-11H2,1-4H3,(H,21,23)(H,17,18,19,20). The van der Waals surface area contributed by atoms with E-state index in [0.717, 1.165) is 25.9 Å². The molecule has 1 aliphatic rings. The van der Waals surface area contributed by atoms with E-state index in [1.54, 1.807) is 0 Å². The third kappa shape index (κ3) is 5.82. The highest BCUT2D eigenvalue weighted by Crippen LogP contribution is 2.19. The van der Waals surface area contributed by atoms with Crippen LogP contribution in [0.25, 0.3) is 0 Å². The Kier molecular flexibility index (Phi) is 6.16. The number of methoxy groups -OCH3 is 1. The van der Waals surface area contributed by atoms with Crippen LogP contribution in [-0.2, 0) is 4.79 Å². The van der Waals surface area contributed by atoms with E-state index in [4.69, 9.17) is 4.74 Å². The Morgan fingerprint density at radius 2 is 1.79 bits per heavy atom. The summed E-state index contributed by atoms with van der Waals surface area (Å²) in [6.07, 6.45) is 4.73. The zero-order chi connectivity index (χ0) is 17.6. The van der Waals surface area contributed by atoms with Crippen molar-refractivity contribution in [2.45, 2.75) is 52.0 Å². The molecule has 24 heavy (non-hydrogen) atoms. The molecule has 0 bridgehead atoms. The second kappa shape index (κ2) is 8.12.